The smallest absolute Gasteiger partial charge is 0.287 e. The average molecular weight is 413 g/mol. The highest BCUT2D eigenvalue weighted by Gasteiger charge is 2.28. The standard InChI is InChI=1S/C21H23N3O4S/c25-21(20-16-17-6-4-5-9-19(17)28-20)22-10-11-23-12-14-24(15-13-23)29(26,27)18-7-2-1-3-8-18/h1-9,16H,10-15H2,(H,22,25). The molecule has 1 aliphatic heterocycles. The predicted octanol–water partition coefficient (Wildman–Crippen LogP) is 2.17. The summed E-state index contributed by atoms with van der Waals surface area (Å²) in [6, 6.07) is 17.7. The summed E-state index contributed by atoms with van der Waals surface area (Å²) in [5, 5.41) is 3.76. The third-order valence-corrected chi connectivity index (χ3v) is 6.99. The molecule has 0 radical (unpaired) electrons. The number of sulfonamides is 1. The summed E-state index contributed by atoms with van der Waals surface area (Å²) in [7, 11) is -3.44. The van der Waals surface area contributed by atoms with Crippen LogP contribution in [0.3, 0.4) is 0 Å². The van der Waals surface area contributed by atoms with Crippen LogP contribution in [0.5, 0.6) is 0 Å². The largest absolute Gasteiger partial charge is 0.451 e. The van der Waals surface area contributed by atoms with Gasteiger partial charge in [-0.15, -0.1) is 0 Å². The first kappa shape index (κ1) is 19.6. The summed E-state index contributed by atoms with van der Waals surface area (Å²) < 4.78 is 32.4. The second kappa shape index (κ2) is 8.36. The van der Waals surface area contributed by atoms with E-state index in [0.29, 0.717) is 55.5 Å². The van der Waals surface area contributed by atoms with Gasteiger partial charge in [-0.2, -0.15) is 4.31 Å². The number of furan rings is 1. The molecule has 3 aromatic rings. The van der Waals surface area contributed by atoms with Crippen LogP contribution in [0, 0.1) is 0 Å². The van der Waals surface area contributed by atoms with Crippen molar-refractivity contribution >= 4 is 26.9 Å². The van der Waals surface area contributed by atoms with E-state index in [0.717, 1.165) is 5.39 Å². The highest BCUT2D eigenvalue weighted by Crippen LogP contribution is 2.19. The summed E-state index contributed by atoms with van der Waals surface area (Å²) in [5.41, 5.74) is 0.688. The number of carbonyl (C=O) groups is 1. The van der Waals surface area contributed by atoms with Gasteiger partial charge in [0.15, 0.2) is 5.76 Å². The van der Waals surface area contributed by atoms with Gasteiger partial charge in [-0.1, -0.05) is 36.4 Å². The number of rotatable bonds is 6. The zero-order valence-corrected chi connectivity index (χ0v) is 16.8. The fourth-order valence-electron chi connectivity index (χ4n) is 3.44. The third-order valence-electron chi connectivity index (χ3n) is 5.08. The van der Waals surface area contributed by atoms with Gasteiger partial charge in [0.25, 0.3) is 5.91 Å². The molecule has 0 atom stereocenters. The van der Waals surface area contributed by atoms with E-state index in [1.807, 2.05) is 24.3 Å². The Hall–Kier alpha value is -2.68. The molecule has 0 spiro atoms. The van der Waals surface area contributed by atoms with Crippen LogP contribution >= 0.6 is 0 Å². The molecule has 8 heteroatoms. The SMILES string of the molecule is O=C(NCCN1CCN(S(=O)(=O)c2ccccc2)CC1)c1cc2ccccc2o1. The molecule has 0 unspecified atom stereocenters. The van der Waals surface area contributed by atoms with Crippen molar-refractivity contribution in [3.05, 3.63) is 66.4 Å². The number of hydrogen-bond donors (Lipinski definition) is 1. The minimum atomic E-state index is -3.44. The number of amides is 1. The zero-order valence-electron chi connectivity index (χ0n) is 16.0. The van der Waals surface area contributed by atoms with Crippen LogP contribution in [0.1, 0.15) is 10.6 Å². The van der Waals surface area contributed by atoms with Crippen molar-refractivity contribution in [3.63, 3.8) is 0 Å². The minimum absolute atomic E-state index is 0.244. The number of benzene rings is 2. The predicted molar refractivity (Wildman–Crippen MR) is 110 cm³/mol. The maximum Gasteiger partial charge on any atom is 0.287 e. The molecular weight excluding hydrogens is 390 g/mol. The van der Waals surface area contributed by atoms with E-state index >= 15 is 0 Å². The van der Waals surface area contributed by atoms with Crippen molar-refractivity contribution in [1.29, 1.82) is 0 Å². The highest BCUT2D eigenvalue weighted by atomic mass is 32.2. The Morgan fingerprint density at radius 2 is 1.66 bits per heavy atom. The Kier molecular flexibility index (Phi) is 5.66. The van der Waals surface area contributed by atoms with Crippen molar-refractivity contribution in [3.8, 4) is 0 Å². The molecule has 1 N–H and O–H groups in total. The molecule has 152 valence electrons. The molecule has 2 heterocycles. The molecule has 0 bridgehead atoms. The average Bonchev–Trinajstić information content (AvgIpc) is 3.19. The van der Waals surface area contributed by atoms with Crippen LogP contribution in [0.4, 0.5) is 0 Å². The van der Waals surface area contributed by atoms with Gasteiger partial charge in [-0.3, -0.25) is 9.69 Å². The van der Waals surface area contributed by atoms with Crippen molar-refractivity contribution in [2.24, 2.45) is 0 Å². The van der Waals surface area contributed by atoms with Gasteiger partial charge < -0.3 is 9.73 Å². The molecule has 4 rings (SSSR count). The second-order valence-electron chi connectivity index (χ2n) is 6.96. The van der Waals surface area contributed by atoms with Crippen LogP contribution < -0.4 is 5.32 Å². The number of carbonyl (C=O) groups excluding carboxylic acids is 1. The van der Waals surface area contributed by atoms with Gasteiger partial charge in [-0.25, -0.2) is 8.42 Å². The summed E-state index contributed by atoms with van der Waals surface area (Å²) in [5.74, 6) is 0.0523. The lowest BCUT2D eigenvalue weighted by Gasteiger charge is -2.33. The maximum absolute atomic E-state index is 12.7. The molecule has 7 nitrogen and oxygen atoms in total. The van der Waals surface area contributed by atoms with Gasteiger partial charge >= 0.3 is 0 Å². The monoisotopic (exact) mass is 413 g/mol. The quantitative estimate of drug-likeness (QED) is 0.670. The van der Waals surface area contributed by atoms with E-state index in [4.69, 9.17) is 4.42 Å². The highest BCUT2D eigenvalue weighted by molar-refractivity contribution is 7.89. The van der Waals surface area contributed by atoms with Gasteiger partial charge in [-0.05, 0) is 24.3 Å². The Morgan fingerprint density at radius 3 is 2.38 bits per heavy atom. The van der Waals surface area contributed by atoms with E-state index in [9.17, 15) is 13.2 Å². The Labute approximate surface area is 170 Å². The lowest BCUT2D eigenvalue weighted by atomic mass is 10.2. The number of nitrogens with zero attached hydrogens (tertiary/aromatic N) is 2. The number of para-hydroxylation sites is 1. The molecule has 1 saturated heterocycles. The Bertz CT molecular complexity index is 1050. The van der Waals surface area contributed by atoms with Crippen molar-refractivity contribution in [2.45, 2.75) is 4.90 Å². The van der Waals surface area contributed by atoms with E-state index in [2.05, 4.69) is 10.2 Å². The van der Waals surface area contributed by atoms with Crippen molar-refractivity contribution < 1.29 is 17.6 Å². The first-order valence-corrected chi connectivity index (χ1v) is 11.0. The van der Waals surface area contributed by atoms with Crippen LogP contribution in [0.2, 0.25) is 0 Å². The molecule has 1 aromatic heterocycles. The van der Waals surface area contributed by atoms with Crippen LogP contribution in [-0.4, -0.2) is 62.8 Å². The van der Waals surface area contributed by atoms with E-state index < -0.39 is 10.0 Å². The summed E-state index contributed by atoms with van der Waals surface area (Å²) in [6.45, 7) is 3.27. The first-order valence-electron chi connectivity index (χ1n) is 9.58. The van der Waals surface area contributed by atoms with E-state index in [1.54, 1.807) is 36.4 Å². The minimum Gasteiger partial charge on any atom is -0.451 e. The molecule has 0 aliphatic carbocycles. The van der Waals surface area contributed by atoms with Crippen LogP contribution in [0.15, 0.2) is 70.0 Å². The number of piperazine rings is 1. The topological polar surface area (TPSA) is 82.9 Å². The van der Waals surface area contributed by atoms with Crippen molar-refractivity contribution in [1.82, 2.24) is 14.5 Å². The lowest BCUT2D eigenvalue weighted by molar-refractivity contribution is 0.0919. The molecule has 2 aromatic carbocycles. The van der Waals surface area contributed by atoms with E-state index in [1.165, 1.54) is 4.31 Å². The van der Waals surface area contributed by atoms with Crippen LogP contribution in [-0.2, 0) is 10.0 Å². The Balaban J connectivity index is 1.25. The van der Waals surface area contributed by atoms with E-state index in [-0.39, 0.29) is 5.91 Å². The van der Waals surface area contributed by atoms with Gasteiger partial charge in [0.05, 0.1) is 4.90 Å². The summed E-state index contributed by atoms with van der Waals surface area (Å²) in [4.78, 5) is 14.8. The second-order valence-corrected chi connectivity index (χ2v) is 8.90. The fourth-order valence-corrected chi connectivity index (χ4v) is 4.89. The van der Waals surface area contributed by atoms with Gasteiger partial charge in [0, 0.05) is 44.7 Å². The first-order chi connectivity index (χ1) is 14.0. The summed E-state index contributed by atoms with van der Waals surface area (Å²) >= 11 is 0. The number of hydrogen-bond acceptors (Lipinski definition) is 5. The van der Waals surface area contributed by atoms with Crippen molar-refractivity contribution in [2.75, 3.05) is 39.3 Å². The molecule has 1 aliphatic rings. The number of fused-ring (bicyclic) bond motifs is 1. The van der Waals surface area contributed by atoms with Crippen LogP contribution in [0.25, 0.3) is 11.0 Å². The molecular formula is C21H23N3O4S. The lowest BCUT2D eigenvalue weighted by Crippen LogP contribution is -2.50. The molecule has 1 amide bonds. The maximum atomic E-state index is 12.7. The number of nitrogens with one attached hydrogen (secondary N) is 1. The fraction of sp³-hybridized carbons (Fsp3) is 0.286. The van der Waals surface area contributed by atoms with Gasteiger partial charge in [0.2, 0.25) is 10.0 Å². The normalized spacial score (nSPS) is 16.1. The Morgan fingerprint density at radius 1 is 0.966 bits per heavy atom. The summed E-state index contributed by atoms with van der Waals surface area (Å²) in [6.07, 6.45) is 0. The third kappa shape index (κ3) is 4.34. The zero-order chi connectivity index (χ0) is 20.3. The van der Waals surface area contributed by atoms with Gasteiger partial charge in [0.1, 0.15) is 5.58 Å². The molecule has 0 saturated carbocycles. The molecule has 29 heavy (non-hydrogen) atoms. The molecule has 1 fully saturated rings.